The van der Waals surface area contributed by atoms with E-state index in [1.54, 1.807) is 0 Å². The zero-order valence-corrected chi connectivity index (χ0v) is 10.4. The molecule has 0 saturated carbocycles. The Hall–Kier alpha value is -1.13. The molecule has 0 aliphatic carbocycles. The average Bonchev–Trinajstić information content (AvgIpc) is 2.24. The first-order valence-electron chi connectivity index (χ1n) is 4.32. The Morgan fingerprint density at radius 1 is 1.47 bits per heavy atom. The molecule has 0 aliphatic heterocycles. The monoisotopic (exact) mass is 268 g/mol. The maximum Gasteiger partial charge on any atom is 0.397 e. The van der Waals surface area contributed by atoms with E-state index in [1.165, 1.54) is 6.92 Å². The molecule has 0 rings (SSSR count). The van der Waals surface area contributed by atoms with E-state index >= 15 is 0 Å². The summed E-state index contributed by atoms with van der Waals surface area (Å²) in [5.74, 6) is -1.03. The summed E-state index contributed by atoms with van der Waals surface area (Å²) in [5, 5.41) is 2.55. The largest absolute Gasteiger partial charge is 0.397 e. The molecule has 0 unspecified atom stereocenters. The van der Waals surface area contributed by atoms with E-state index in [-0.39, 0.29) is 18.8 Å². The van der Waals surface area contributed by atoms with Gasteiger partial charge in [0.25, 0.3) is 0 Å². The molecule has 0 bridgehead atoms. The van der Waals surface area contributed by atoms with Crippen molar-refractivity contribution >= 4 is 22.0 Å². The molecule has 0 aromatic rings. The molecule has 0 amide bonds. The fourth-order valence-corrected chi connectivity index (χ4v) is 0.504. The first-order chi connectivity index (χ1) is 7.65. The quantitative estimate of drug-likeness (QED) is 0.232. The lowest BCUT2D eigenvalue weighted by molar-refractivity contribution is -0.133. The third kappa shape index (κ3) is 12.8. The fourth-order valence-electron chi connectivity index (χ4n) is 0.504. The summed E-state index contributed by atoms with van der Waals surface area (Å²) >= 11 is 0. The van der Waals surface area contributed by atoms with E-state index in [0.29, 0.717) is 0 Å². The lowest BCUT2D eigenvalue weighted by Gasteiger charge is -1.98. The SMILES string of the molecule is C=C(C)C(=O)C(=O)CNCN.COS(=O)(=O)O. The molecule has 0 aromatic heterocycles. The maximum atomic E-state index is 10.8. The third-order valence-corrected chi connectivity index (χ3v) is 1.70. The fraction of sp³-hybridized carbons (Fsp3) is 0.500. The van der Waals surface area contributed by atoms with Crippen LogP contribution in [0, 0.1) is 0 Å². The van der Waals surface area contributed by atoms with Gasteiger partial charge >= 0.3 is 10.4 Å². The van der Waals surface area contributed by atoms with Gasteiger partial charge in [0.05, 0.1) is 13.7 Å². The van der Waals surface area contributed by atoms with Crippen LogP contribution in [0.2, 0.25) is 0 Å². The molecule has 8 nitrogen and oxygen atoms in total. The summed E-state index contributed by atoms with van der Waals surface area (Å²) in [5.41, 5.74) is 5.31. The Morgan fingerprint density at radius 3 is 2.12 bits per heavy atom. The van der Waals surface area contributed by atoms with Crippen LogP contribution in [0.3, 0.4) is 0 Å². The number of rotatable bonds is 6. The minimum Gasteiger partial charge on any atom is -0.318 e. The van der Waals surface area contributed by atoms with Crippen LogP contribution in [0.5, 0.6) is 0 Å². The molecule has 100 valence electrons. The normalized spacial score (nSPS) is 10.1. The summed E-state index contributed by atoms with van der Waals surface area (Å²) in [6.45, 7) is 5.04. The van der Waals surface area contributed by atoms with Gasteiger partial charge in [-0.15, -0.1) is 0 Å². The van der Waals surface area contributed by atoms with Gasteiger partial charge in [-0.25, -0.2) is 0 Å². The number of carbonyl (C=O) groups excluding carboxylic acids is 2. The van der Waals surface area contributed by atoms with Crippen LogP contribution in [0.1, 0.15) is 6.92 Å². The molecular formula is C8H16N2O6S. The minimum atomic E-state index is -4.16. The van der Waals surface area contributed by atoms with Crippen LogP contribution in [-0.4, -0.2) is 44.9 Å². The standard InChI is InChI=1S/C7H12N2O2.CH4O4S/c1-5(2)7(11)6(10)3-9-4-8;1-5-6(2,3)4/h9H,1,3-4,8H2,2H3;1H3,(H,2,3,4). The Morgan fingerprint density at radius 2 is 1.88 bits per heavy atom. The second-order valence-electron chi connectivity index (χ2n) is 2.76. The summed E-state index contributed by atoms with van der Waals surface area (Å²) in [6, 6.07) is 0. The van der Waals surface area contributed by atoms with E-state index < -0.39 is 22.0 Å². The molecule has 0 heterocycles. The van der Waals surface area contributed by atoms with E-state index in [4.69, 9.17) is 10.3 Å². The van der Waals surface area contributed by atoms with Gasteiger partial charge in [0.2, 0.25) is 11.6 Å². The number of carbonyl (C=O) groups is 2. The molecule has 0 fully saturated rings. The van der Waals surface area contributed by atoms with Crippen molar-refractivity contribution < 1.29 is 26.7 Å². The van der Waals surface area contributed by atoms with Gasteiger partial charge in [-0.3, -0.25) is 23.6 Å². The van der Waals surface area contributed by atoms with Crippen molar-refractivity contribution in [2.75, 3.05) is 20.3 Å². The second kappa shape index (κ2) is 8.96. The van der Waals surface area contributed by atoms with Crippen molar-refractivity contribution in [3.63, 3.8) is 0 Å². The number of ketones is 2. The number of hydrogen-bond donors (Lipinski definition) is 3. The zero-order valence-electron chi connectivity index (χ0n) is 9.60. The van der Waals surface area contributed by atoms with Crippen molar-refractivity contribution in [3.05, 3.63) is 12.2 Å². The Bertz CT molecular complexity index is 375. The Kier molecular flexibility index (Phi) is 9.61. The van der Waals surface area contributed by atoms with Gasteiger partial charge in [-0.05, 0) is 12.5 Å². The number of nitrogens with one attached hydrogen (secondary N) is 1. The van der Waals surface area contributed by atoms with Gasteiger partial charge in [-0.1, -0.05) is 6.58 Å². The van der Waals surface area contributed by atoms with Crippen molar-refractivity contribution in [2.24, 2.45) is 5.73 Å². The van der Waals surface area contributed by atoms with Gasteiger partial charge in [-0.2, -0.15) is 8.42 Å². The number of hydrogen-bond acceptors (Lipinski definition) is 7. The highest BCUT2D eigenvalue weighted by Crippen LogP contribution is 1.89. The van der Waals surface area contributed by atoms with Gasteiger partial charge in [0, 0.05) is 6.67 Å². The van der Waals surface area contributed by atoms with Crippen molar-refractivity contribution in [1.82, 2.24) is 5.32 Å². The lowest BCUT2D eigenvalue weighted by atomic mass is 10.1. The van der Waals surface area contributed by atoms with Crippen LogP contribution in [-0.2, 0) is 24.2 Å². The van der Waals surface area contributed by atoms with Crippen molar-refractivity contribution in [2.45, 2.75) is 6.92 Å². The molecule has 0 aliphatic rings. The smallest absolute Gasteiger partial charge is 0.318 e. The van der Waals surface area contributed by atoms with Gasteiger partial charge in [0.1, 0.15) is 0 Å². The molecule has 0 atom stereocenters. The molecule has 0 spiro atoms. The second-order valence-corrected chi connectivity index (χ2v) is 3.95. The van der Waals surface area contributed by atoms with Crippen LogP contribution in [0.25, 0.3) is 0 Å². The van der Waals surface area contributed by atoms with Crippen molar-refractivity contribution in [3.8, 4) is 0 Å². The molecule has 0 aromatic carbocycles. The molecule has 17 heavy (non-hydrogen) atoms. The molecular weight excluding hydrogens is 252 g/mol. The van der Waals surface area contributed by atoms with Gasteiger partial charge < -0.3 is 5.73 Å². The van der Waals surface area contributed by atoms with Crippen LogP contribution in [0.4, 0.5) is 0 Å². The first-order valence-corrected chi connectivity index (χ1v) is 5.69. The van der Waals surface area contributed by atoms with Crippen molar-refractivity contribution in [1.29, 1.82) is 0 Å². The minimum absolute atomic E-state index is 0.0117. The van der Waals surface area contributed by atoms with Gasteiger partial charge in [0.15, 0.2) is 0 Å². The topological polar surface area (TPSA) is 136 Å². The Labute approximate surface area is 99.8 Å². The summed E-state index contributed by atoms with van der Waals surface area (Å²) in [7, 11) is -3.29. The molecule has 0 radical (unpaired) electrons. The van der Waals surface area contributed by atoms with Crippen LogP contribution < -0.4 is 11.1 Å². The first kappa shape index (κ1) is 18.2. The third-order valence-electron chi connectivity index (χ3n) is 1.28. The van der Waals surface area contributed by atoms with E-state index in [9.17, 15) is 18.0 Å². The molecule has 9 heteroatoms. The number of allylic oxidation sites excluding steroid dienone is 1. The maximum absolute atomic E-state index is 10.8. The van der Waals surface area contributed by atoms with Crippen LogP contribution in [0.15, 0.2) is 12.2 Å². The highest BCUT2D eigenvalue weighted by Gasteiger charge is 2.12. The highest BCUT2D eigenvalue weighted by atomic mass is 32.3. The van der Waals surface area contributed by atoms with E-state index in [0.717, 1.165) is 7.11 Å². The zero-order chi connectivity index (χ0) is 14.1. The summed E-state index contributed by atoms with van der Waals surface area (Å²) in [6.07, 6.45) is 0. The number of nitrogens with two attached hydrogens (primary N) is 1. The molecule has 0 saturated heterocycles. The van der Waals surface area contributed by atoms with E-state index in [2.05, 4.69) is 16.1 Å². The molecule has 4 N–H and O–H groups in total. The Balaban J connectivity index is 0. The average molecular weight is 268 g/mol. The van der Waals surface area contributed by atoms with Crippen LogP contribution >= 0.6 is 0 Å². The lowest BCUT2D eigenvalue weighted by Crippen LogP contribution is -2.32. The summed E-state index contributed by atoms with van der Waals surface area (Å²) < 4.78 is 29.7. The number of Topliss-reactive ketones (excluding diaryl/α,β-unsaturated/α-hetero) is 2. The summed E-state index contributed by atoms with van der Waals surface area (Å²) in [4.78, 5) is 21.6. The highest BCUT2D eigenvalue weighted by molar-refractivity contribution is 7.80. The predicted octanol–water partition coefficient (Wildman–Crippen LogP) is -1.36. The predicted molar refractivity (Wildman–Crippen MR) is 60.4 cm³/mol. The van der Waals surface area contributed by atoms with E-state index in [1.807, 2.05) is 0 Å².